The van der Waals surface area contributed by atoms with E-state index in [1.807, 2.05) is 17.8 Å². The van der Waals surface area contributed by atoms with E-state index in [1.54, 1.807) is 0 Å². The van der Waals surface area contributed by atoms with Gasteiger partial charge >= 0.3 is 0 Å². The van der Waals surface area contributed by atoms with Crippen LogP contribution in [0.5, 0.6) is 0 Å². The molecule has 0 aromatic rings. The van der Waals surface area contributed by atoms with E-state index in [0.717, 1.165) is 11.5 Å². The summed E-state index contributed by atoms with van der Waals surface area (Å²) in [5.41, 5.74) is 0. The van der Waals surface area contributed by atoms with Crippen LogP contribution in [0.3, 0.4) is 0 Å². The molecule has 0 aliphatic carbocycles. The summed E-state index contributed by atoms with van der Waals surface area (Å²) in [7, 11) is 0. The standard InChI is InChI=1S/C7H13ClOS/c1-2-4-10-5-3-7(8)6-9/h3,9H,2,4-6H2,1H3/b7-3-. The highest BCUT2D eigenvalue weighted by Gasteiger charge is 1.87. The Morgan fingerprint density at radius 1 is 1.70 bits per heavy atom. The van der Waals surface area contributed by atoms with Crippen LogP contribution in [0.15, 0.2) is 11.1 Å². The topological polar surface area (TPSA) is 20.2 Å². The predicted octanol–water partition coefficient (Wildman–Crippen LogP) is 2.24. The van der Waals surface area contributed by atoms with E-state index < -0.39 is 0 Å². The maximum atomic E-state index is 8.48. The zero-order valence-corrected chi connectivity index (χ0v) is 7.71. The molecule has 0 heterocycles. The van der Waals surface area contributed by atoms with Crippen molar-refractivity contribution in [3.63, 3.8) is 0 Å². The highest BCUT2D eigenvalue weighted by Crippen LogP contribution is 2.06. The molecule has 0 amide bonds. The van der Waals surface area contributed by atoms with Crippen LogP contribution in [-0.4, -0.2) is 23.2 Å². The number of aliphatic hydroxyl groups excluding tert-OH is 1. The average Bonchev–Trinajstić information content (AvgIpc) is 1.98. The van der Waals surface area contributed by atoms with E-state index in [2.05, 4.69) is 6.92 Å². The average molecular weight is 181 g/mol. The Balaban J connectivity index is 3.16. The molecule has 0 bridgehead atoms. The fourth-order valence-corrected chi connectivity index (χ4v) is 1.38. The number of thioether (sulfide) groups is 1. The SMILES string of the molecule is CCCSC/C=C(\Cl)CO. The van der Waals surface area contributed by atoms with Crippen LogP contribution in [-0.2, 0) is 0 Å². The third-order valence-corrected chi connectivity index (χ3v) is 2.30. The van der Waals surface area contributed by atoms with E-state index in [0.29, 0.717) is 5.03 Å². The Morgan fingerprint density at radius 2 is 2.40 bits per heavy atom. The highest BCUT2D eigenvalue weighted by atomic mass is 35.5. The first-order valence-electron chi connectivity index (χ1n) is 3.34. The van der Waals surface area contributed by atoms with Gasteiger partial charge in [0.15, 0.2) is 0 Å². The van der Waals surface area contributed by atoms with Gasteiger partial charge in [-0.15, -0.1) is 0 Å². The molecule has 0 spiro atoms. The molecular weight excluding hydrogens is 168 g/mol. The maximum Gasteiger partial charge on any atom is 0.0785 e. The molecule has 3 heteroatoms. The fraction of sp³-hybridized carbons (Fsp3) is 0.714. The molecule has 0 aliphatic heterocycles. The van der Waals surface area contributed by atoms with E-state index in [1.165, 1.54) is 6.42 Å². The van der Waals surface area contributed by atoms with Gasteiger partial charge in [-0.1, -0.05) is 24.6 Å². The Hall–Kier alpha value is 0.340. The van der Waals surface area contributed by atoms with Gasteiger partial charge in [-0.2, -0.15) is 11.8 Å². The summed E-state index contributed by atoms with van der Waals surface area (Å²) >= 11 is 7.37. The summed E-state index contributed by atoms with van der Waals surface area (Å²) in [4.78, 5) is 0. The van der Waals surface area contributed by atoms with Gasteiger partial charge in [0.2, 0.25) is 0 Å². The molecule has 1 N–H and O–H groups in total. The molecule has 0 radical (unpaired) electrons. The van der Waals surface area contributed by atoms with E-state index in [4.69, 9.17) is 16.7 Å². The summed E-state index contributed by atoms with van der Waals surface area (Å²) in [6, 6.07) is 0. The van der Waals surface area contributed by atoms with Crippen molar-refractivity contribution >= 4 is 23.4 Å². The van der Waals surface area contributed by atoms with E-state index in [9.17, 15) is 0 Å². The third-order valence-electron chi connectivity index (χ3n) is 0.922. The number of rotatable bonds is 5. The van der Waals surface area contributed by atoms with E-state index >= 15 is 0 Å². The summed E-state index contributed by atoms with van der Waals surface area (Å²) in [6.07, 6.45) is 3.04. The van der Waals surface area contributed by atoms with E-state index in [-0.39, 0.29) is 6.61 Å². The van der Waals surface area contributed by atoms with Crippen molar-refractivity contribution in [3.05, 3.63) is 11.1 Å². The highest BCUT2D eigenvalue weighted by molar-refractivity contribution is 7.99. The zero-order chi connectivity index (χ0) is 7.82. The van der Waals surface area contributed by atoms with Crippen molar-refractivity contribution in [2.24, 2.45) is 0 Å². The Bertz CT molecular complexity index is 104. The van der Waals surface area contributed by atoms with Crippen LogP contribution in [0.2, 0.25) is 0 Å². The molecule has 0 rings (SSSR count). The molecule has 0 aliphatic rings. The predicted molar refractivity (Wildman–Crippen MR) is 48.6 cm³/mol. The smallest absolute Gasteiger partial charge is 0.0785 e. The van der Waals surface area contributed by atoms with Crippen molar-refractivity contribution in [2.75, 3.05) is 18.1 Å². The first-order chi connectivity index (χ1) is 4.81. The minimum Gasteiger partial charge on any atom is -0.391 e. The van der Waals surface area contributed by atoms with Gasteiger partial charge in [-0.3, -0.25) is 0 Å². The van der Waals surface area contributed by atoms with Crippen LogP contribution in [0, 0.1) is 0 Å². The maximum absolute atomic E-state index is 8.48. The molecule has 0 atom stereocenters. The Morgan fingerprint density at radius 3 is 2.90 bits per heavy atom. The van der Waals surface area contributed by atoms with Crippen LogP contribution in [0.25, 0.3) is 0 Å². The van der Waals surface area contributed by atoms with Crippen LogP contribution < -0.4 is 0 Å². The van der Waals surface area contributed by atoms with Crippen molar-refractivity contribution in [1.82, 2.24) is 0 Å². The molecular formula is C7H13ClOS. The Kier molecular flexibility index (Phi) is 7.70. The van der Waals surface area contributed by atoms with Gasteiger partial charge in [0.05, 0.1) is 6.61 Å². The van der Waals surface area contributed by atoms with Gasteiger partial charge < -0.3 is 5.11 Å². The summed E-state index contributed by atoms with van der Waals surface area (Å²) in [5, 5.41) is 9.03. The quantitative estimate of drug-likeness (QED) is 0.655. The van der Waals surface area contributed by atoms with Crippen molar-refractivity contribution in [1.29, 1.82) is 0 Å². The molecule has 0 saturated heterocycles. The van der Waals surface area contributed by atoms with Crippen molar-refractivity contribution in [3.8, 4) is 0 Å². The monoisotopic (exact) mass is 180 g/mol. The fourth-order valence-electron chi connectivity index (χ4n) is 0.442. The Labute approximate surface area is 71.5 Å². The lowest BCUT2D eigenvalue weighted by Crippen LogP contribution is -1.83. The lowest BCUT2D eigenvalue weighted by atomic mass is 10.5. The molecule has 0 saturated carbocycles. The number of aliphatic hydroxyl groups is 1. The second-order valence-corrected chi connectivity index (χ2v) is 3.52. The number of hydrogen-bond acceptors (Lipinski definition) is 2. The molecule has 0 aromatic heterocycles. The minimum atomic E-state index is -0.0335. The van der Waals surface area contributed by atoms with Gasteiger partial charge in [0.25, 0.3) is 0 Å². The molecule has 60 valence electrons. The van der Waals surface area contributed by atoms with Crippen LogP contribution in [0.1, 0.15) is 13.3 Å². The molecule has 10 heavy (non-hydrogen) atoms. The molecule has 0 fully saturated rings. The lowest BCUT2D eigenvalue weighted by molar-refractivity contribution is 0.338. The van der Waals surface area contributed by atoms with Gasteiger partial charge in [0, 0.05) is 10.8 Å². The largest absolute Gasteiger partial charge is 0.391 e. The summed E-state index contributed by atoms with van der Waals surface area (Å²) in [5.74, 6) is 2.07. The number of halogens is 1. The first kappa shape index (κ1) is 10.3. The molecule has 0 aromatic carbocycles. The molecule has 0 unspecified atom stereocenters. The second-order valence-electron chi connectivity index (χ2n) is 1.88. The number of hydrogen-bond donors (Lipinski definition) is 1. The van der Waals surface area contributed by atoms with Gasteiger partial charge in [0.1, 0.15) is 0 Å². The third kappa shape index (κ3) is 6.46. The van der Waals surface area contributed by atoms with Gasteiger partial charge in [-0.05, 0) is 12.2 Å². The minimum absolute atomic E-state index is 0.0335. The molecule has 1 nitrogen and oxygen atoms in total. The summed E-state index contributed by atoms with van der Waals surface area (Å²) < 4.78 is 0. The summed E-state index contributed by atoms with van der Waals surface area (Å²) in [6.45, 7) is 2.11. The first-order valence-corrected chi connectivity index (χ1v) is 4.87. The zero-order valence-electron chi connectivity index (χ0n) is 6.14. The lowest BCUT2D eigenvalue weighted by Gasteiger charge is -1.93. The van der Waals surface area contributed by atoms with Crippen molar-refractivity contribution < 1.29 is 5.11 Å². The van der Waals surface area contributed by atoms with Crippen LogP contribution >= 0.6 is 23.4 Å². The van der Waals surface area contributed by atoms with Crippen molar-refractivity contribution in [2.45, 2.75) is 13.3 Å². The normalized spacial score (nSPS) is 12.1. The van der Waals surface area contributed by atoms with Gasteiger partial charge in [-0.25, -0.2) is 0 Å². The van der Waals surface area contributed by atoms with Crippen LogP contribution in [0.4, 0.5) is 0 Å². The second kappa shape index (κ2) is 7.45.